The van der Waals surface area contributed by atoms with E-state index >= 15 is 0 Å². The molecule has 8 N–H and O–H groups in total. The van der Waals surface area contributed by atoms with E-state index in [0.29, 0.717) is 38.7 Å². The number of carboxylic acid groups (broad SMARTS) is 2. The van der Waals surface area contributed by atoms with Gasteiger partial charge in [-0.2, -0.15) is 0 Å². The summed E-state index contributed by atoms with van der Waals surface area (Å²) in [5, 5.41) is 41.6. The zero-order valence-electron chi connectivity index (χ0n) is 24.3. The second-order valence-electron chi connectivity index (χ2n) is 10.5. The number of nitrogens with one attached hydrogen (secondary N) is 4. The van der Waals surface area contributed by atoms with Crippen molar-refractivity contribution in [1.29, 1.82) is 0 Å². The third-order valence-corrected chi connectivity index (χ3v) is 7.85. The van der Waals surface area contributed by atoms with Crippen molar-refractivity contribution in [2.45, 2.75) is 46.0 Å². The first-order valence-corrected chi connectivity index (χ1v) is 13.7. The molecule has 0 saturated heterocycles. The van der Waals surface area contributed by atoms with Crippen molar-refractivity contribution >= 4 is 49.4 Å². The molecule has 4 aromatic rings. The van der Waals surface area contributed by atoms with E-state index in [1.807, 2.05) is 26.0 Å². The molecule has 0 radical (unpaired) electrons. The maximum atomic E-state index is 11.5. The van der Waals surface area contributed by atoms with Gasteiger partial charge < -0.3 is 40.4 Å². The summed E-state index contributed by atoms with van der Waals surface area (Å²) in [5.41, 5.74) is 7.39. The van der Waals surface area contributed by atoms with Gasteiger partial charge >= 0.3 is 11.9 Å². The average molecular weight is 585 g/mol. The number of aromatic nitrogens is 4. The van der Waals surface area contributed by atoms with Crippen molar-refractivity contribution in [2.24, 2.45) is 0 Å². The molecule has 4 rings (SSSR count). The van der Waals surface area contributed by atoms with Crippen LogP contribution in [0.25, 0.3) is 37.5 Å². The van der Waals surface area contributed by atoms with Gasteiger partial charge in [-0.1, -0.05) is 38.5 Å². The monoisotopic (exact) mass is 584 g/mol. The normalized spacial score (nSPS) is 12.2. The zero-order valence-corrected chi connectivity index (χ0v) is 24.3. The van der Waals surface area contributed by atoms with E-state index in [1.54, 1.807) is 0 Å². The summed E-state index contributed by atoms with van der Waals surface area (Å²) >= 11 is 0. The maximum absolute atomic E-state index is 11.5. The zero-order chi connectivity index (χ0) is 31.6. The van der Waals surface area contributed by atoms with Crippen molar-refractivity contribution in [3.8, 4) is 11.8 Å². The van der Waals surface area contributed by atoms with Crippen LogP contribution in [0.15, 0.2) is 13.2 Å². The third kappa shape index (κ3) is 6.13. The molecule has 10 heteroatoms. The van der Waals surface area contributed by atoms with Crippen molar-refractivity contribution in [3.63, 3.8) is 0 Å². The largest absolute Gasteiger partial charge is 0.494 e. The molecular formula is C33H36N4O6. The molecular weight excluding hydrogens is 548 g/mol. The van der Waals surface area contributed by atoms with Crippen LogP contribution in [-0.2, 0) is 28.9 Å². The lowest BCUT2D eigenvalue weighted by atomic mass is 9.98. The Morgan fingerprint density at radius 2 is 1.07 bits per heavy atom. The van der Waals surface area contributed by atoms with Gasteiger partial charge in [0, 0.05) is 63.6 Å². The molecule has 0 aliphatic heterocycles. The molecule has 0 bridgehead atoms. The van der Waals surface area contributed by atoms with Gasteiger partial charge in [0.25, 0.3) is 0 Å². The van der Waals surface area contributed by atoms with Gasteiger partial charge in [0.1, 0.15) is 0 Å². The Balaban J connectivity index is 1.87. The summed E-state index contributed by atoms with van der Waals surface area (Å²) in [6.07, 6.45) is 7.43. The quantitative estimate of drug-likeness (QED) is 0.127. The molecule has 224 valence electrons. The predicted octanol–water partition coefficient (Wildman–Crippen LogP) is 2.42. The highest BCUT2D eigenvalue weighted by Crippen LogP contribution is 2.28. The molecule has 0 aliphatic carbocycles. The molecule has 43 heavy (non-hydrogen) atoms. The Hall–Kier alpha value is -5.38. The number of aromatic hydroxyl groups is 2. The Kier molecular flexibility index (Phi) is 8.70. The fraction of sp³-hybridized carbons (Fsp3) is 0.212. The molecule has 10 nitrogen and oxygen atoms in total. The first-order valence-electron chi connectivity index (χ1n) is 13.7. The third-order valence-electron chi connectivity index (χ3n) is 7.85. The first kappa shape index (κ1) is 30.6. The number of carbonyl (C=O) groups is 2. The number of rotatable bonds is 12. The highest BCUT2D eigenvalue weighted by Gasteiger charge is 2.20. The average Bonchev–Trinajstić information content (AvgIpc) is 3.58. The number of hydrogen-bond donors (Lipinski definition) is 8. The molecule has 0 unspecified atom stereocenters. The molecule has 0 spiro atoms. The number of H-pyrrole nitrogens is 4. The van der Waals surface area contributed by atoms with E-state index in [-0.39, 0.29) is 37.4 Å². The Morgan fingerprint density at radius 3 is 1.37 bits per heavy atom. The van der Waals surface area contributed by atoms with Crippen LogP contribution in [0, 0.1) is 13.8 Å². The Labute approximate surface area is 247 Å². The minimum Gasteiger partial charge on any atom is -0.494 e. The minimum absolute atomic E-state index is 0.0449. The van der Waals surface area contributed by atoms with E-state index in [0.717, 1.165) is 45.0 Å². The van der Waals surface area contributed by atoms with Gasteiger partial charge in [-0.15, -0.1) is 0 Å². The van der Waals surface area contributed by atoms with E-state index in [2.05, 4.69) is 46.3 Å². The highest BCUT2D eigenvalue weighted by molar-refractivity contribution is 5.69. The van der Waals surface area contributed by atoms with Crippen molar-refractivity contribution in [3.05, 3.63) is 90.4 Å². The SMILES string of the molecule is C=Cc1c(O)[nH]c(=Cc2[nH]c(Cc3[nH]c(C=c4[nH]c(O)c(C=C)c4=C)c(C)c3CCC(=O)O)c(CCC(=O)O)c2C)c1=C. The van der Waals surface area contributed by atoms with E-state index in [1.165, 1.54) is 12.2 Å². The molecule has 0 fully saturated rings. The van der Waals surface area contributed by atoms with Crippen molar-refractivity contribution in [2.75, 3.05) is 0 Å². The second-order valence-corrected chi connectivity index (χ2v) is 10.5. The van der Waals surface area contributed by atoms with E-state index < -0.39 is 11.9 Å². The lowest BCUT2D eigenvalue weighted by molar-refractivity contribution is -0.138. The van der Waals surface area contributed by atoms with Crippen LogP contribution in [0.5, 0.6) is 11.8 Å². The molecule has 0 aliphatic rings. The van der Waals surface area contributed by atoms with Crippen LogP contribution in [-0.4, -0.2) is 52.3 Å². The van der Waals surface area contributed by atoms with Gasteiger partial charge in [-0.3, -0.25) is 9.59 Å². The number of hydrogen-bond acceptors (Lipinski definition) is 4. The van der Waals surface area contributed by atoms with Gasteiger partial charge in [0.15, 0.2) is 11.8 Å². The molecule has 0 saturated carbocycles. The number of aromatic amines is 4. The molecule has 4 aromatic heterocycles. The molecule has 0 aromatic carbocycles. The second kappa shape index (κ2) is 12.2. The summed E-state index contributed by atoms with van der Waals surface area (Å²) in [4.78, 5) is 35.7. The van der Waals surface area contributed by atoms with Crippen LogP contribution in [0.4, 0.5) is 0 Å². The highest BCUT2D eigenvalue weighted by atomic mass is 16.4. The van der Waals surface area contributed by atoms with Crippen LogP contribution in [0.1, 0.15) is 69.0 Å². The van der Waals surface area contributed by atoms with E-state index in [9.17, 15) is 30.0 Å². The maximum Gasteiger partial charge on any atom is 0.303 e. The van der Waals surface area contributed by atoms with Gasteiger partial charge in [-0.25, -0.2) is 0 Å². The first-order chi connectivity index (χ1) is 20.4. The topological polar surface area (TPSA) is 178 Å². The Bertz CT molecular complexity index is 1840. The smallest absolute Gasteiger partial charge is 0.303 e. The summed E-state index contributed by atoms with van der Waals surface area (Å²) in [7, 11) is 0. The predicted molar refractivity (Wildman–Crippen MR) is 168 cm³/mol. The summed E-state index contributed by atoms with van der Waals surface area (Å²) in [6, 6.07) is 0. The van der Waals surface area contributed by atoms with Crippen molar-refractivity contribution < 1.29 is 30.0 Å². The molecule has 4 heterocycles. The van der Waals surface area contributed by atoms with Crippen LogP contribution in [0.2, 0.25) is 0 Å². The lowest BCUT2D eigenvalue weighted by Crippen LogP contribution is -2.22. The van der Waals surface area contributed by atoms with Crippen LogP contribution < -0.4 is 21.1 Å². The number of aliphatic carboxylic acids is 2. The standard InChI is InChI=1S/C33H36N4O6/c1-7-20-16(3)26(36-32(20)42)13-24-18(5)22(9-11-30(38)39)28(34-24)15-29-23(10-12-31(40)41)19(6)25(35-29)14-27-17(4)21(8-2)33(43)37-27/h7-8,13-14,34-37,42-43H,1-4,9-12,15H2,5-6H3,(H,38,39)(H,40,41). The van der Waals surface area contributed by atoms with Gasteiger partial charge in [-0.05, 0) is 61.1 Å². The summed E-state index contributed by atoms with van der Waals surface area (Å²) < 4.78 is 0. The summed E-state index contributed by atoms with van der Waals surface area (Å²) in [5.74, 6) is -1.93. The number of carboxylic acids is 2. The Morgan fingerprint density at radius 1 is 0.698 bits per heavy atom. The fourth-order valence-corrected chi connectivity index (χ4v) is 5.44. The lowest BCUT2D eigenvalue weighted by Gasteiger charge is -2.07. The summed E-state index contributed by atoms with van der Waals surface area (Å²) in [6.45, 7) is 19.3. The van der Waals surface area contributed by atoms with Gasteiger partial charge in [0.05, 0.1) is 10.7 Å². The van der Waals surface area contributed by atoms with E-state index in [4.69, 9.17) is 0 Å². The molecule has 0 atom stereocenters. The molecule has 0 amide bonds. The van der Waals surface area contributed by atoms with Crippen LogP contribution in [0.3, 0.4) is 0 Å². The van der Waals surface area contributed by atoms with Crippen molar-refractivity contribution in [1.82, 2.24) is 19.9 Å². The fourth-order valence-electron chi connectivity index (χ4n) is 5.44. The minimum atomic E-state index is -0.922. The van der Waals surface area contributed by atoms with Crippen LogP contribution >= 0.6 is 0 Å². The van der Waals surface area contributed by atoms with Gasteiger partial charge in [0.2, 0.25) is 0 Å².